The summed E-state index contributed by atoms with van der Waals surface area (Å²) in [7, 11) is 0. The van der Waals surface area contributed by atoms with Gasteiger partial charge < -0.3 is 14.2 Å². The summed E-state index contributed by atoms with van der Waals surface area (Å²) in [5.74, 6) is -1.05. The molecule has 0 radical (unpaired) electrons. The number of carbonyl (C=O) groups is 3. The zero-order valence-electron chi connectivity index (χ0n) is 38.7. The van der Waals surface area contributed by atoms with Crippen LogP contribution in [0.1, 0.15) is 207 Å². The minimum Gasteiger partial charge on any atom is -0.462 e. The Morgan fingerprint density at radius 3 is 1.13 bits per heavy atom. The lowest BCUT2D eigenvalue weighted by Gasteiger charge is -2.18. The first-order chi connectivity index (χ1) is 29.5. The Balaban J connectivity index is 4.48. The fourth-order valence-electron chi connectivity index (χ4n) is 6.23. The number of allylic oxidation sites excluding steroid dienone is 16. The number of ether oxygens (including phenoxy) is 3. The highest BCUT2D eigenvalue weighted by atomic mass is 16.6. The number of unbranched alkanes of at least 4 members (excludes halogenated alkanes) is 15. The average Bonchev–Trinajstić information content (AvgIpc) is 3.24. The van der Waals surface area contributed by atoms with E-state index >= 15 is 0 Å². The van der Waals surface area contributed by atoms with Crippen LogP contribution in [-0.4, -0.2) is 37.2 Å². The second kappa shape index (κ2) is 48.0. The van der Waals surface area contributed by atoms with Gasteiger partial charge in [-0.05, 0) is 103 Å². The van der Waals surface area contributed by atoms with Crippen LogP contribution in [0, 0.1) is 0 Å². The molecule has 0 aromatic rings. The average molecular weight is 833 g/mol. The number of hydrogen-bond acceptors (Lipinski definition) is 6. The molecule has 0 aromatic carbocycles. The lowest BCUT2D eigenvalue weighted by Crippen LogP contribution is -2.30. The van der Waals surface area contributed by atoms with Crippen molar-refractivity contribution in [3.63, 3.8) is 0 Å². The molecule has 0 saturated carbocycles. The Bertz CT molecular complexity index is 1230. The summed E-state index contributed by atoms with van der Waals surface area (Å²) < 4.78 is 16.6. The minimum absolute atomic E-state index is 0.121. The van der Waals surface area contributed by atoms with Gasteiger partial charge in [0.1, 0.15) is 13.2 Å². The van der Waals surface area contributed by atoms with Gasteiger partial charge in [-0.15, -0.1) is 0 Å². The van der Waals surface area contributed by atoms with E-state index in [1.54, 1.807) is 0 Å². The van der Waals surface area contributed by atoms with Gasteiger partial charge >= 0.3 is 17.9 Å². The van der Waals surface area contributed by atoms with Crippen LogP contribution in [0.4, 0.5) is 0 Å². The summed E-state index contributed by atoms with van der Waals surface area (Å²) in [6.07, 6.45) is 62.8. The molecule has 0 amide bonds. The standard InChI is InChI=1S/C54H88O6/c1-4-7-10-13-16-19-21-23-25-27-29-30-32-35-38-41-44-47-53(56)59-50-51(49-58-52(55)46-43-40-37-34-18-15-12-9-6-3)60-54(57)48-45-42-39-36-33-31-28-26-24-22-20-17-14-11-8-5-2/h8-9,11-12,17-18,20,23-26,31,33-34,39,42,51H,4-7,10,13-16,19,21-22,27-30,32,35-38,40-41,43-50H2,1-3H3/b11-8-,12-9-,20-17-,25-23-,26-24-,33-31-,34-18-,42-39-. The summed E-state index contributed by atoms with van der Waals surface area (Å²) in [5.41, 5.74) is 0. The van der Waals surface area contributed by atoms with Crippen molar-refractivity contribution in [2.45, 2.75) is 213 Å². The Morgan fingerprint density at radius 2 is 0.683 bits per heavy atom. The van der Waals surface area contributed by atoms with E-state index in [1.165, 1.54) is 77.0 Å². The summed E-state index contributed by atoms with van der Waals surface area (Å²) in [5, 5.41) is 0. The molecular weight excluding hydrogens is 745 g/mol. The van der Waals surface area contributed by atoms with Gasteiger partial charge in [0.05, 0.1) is 0 Å². The van der Waals surface area contributed by atoms with Gasteiger partial charge in [-0.1, -0.05) is 182 Å². The number of esters is 3. The van der Waals surface area contributed by atoms with E-state index in [2.05, 4.69) is 106 Å². The highest BCUT2D eigenvalue weighted by Gasteiger charge is 2.19. The van der Waals surface area contributed by atoms with E-state index in [1.807, 2.05) is 12.2 Å². The van der Waals surface area contributed by atoms with Crippen LogP contribution in [0.2, 0.25) is 0 Å². The molecule has 0 aliphatic heterocycles. The van der Waals surface area contributed by atoms with Crippen molar-refractivity contribution < 1.29 is 28.6 Å². The van der Waals surface area contributed by atoms with E-state index in [4.69, 9.17) is 14.2 Å². The van der Waals surface area contributed by atoms with Crippen LogP contribution in [0.15, 0.2) is 97.2 Å². The van der Waals surface area contributed by atoms with Gasteiger partial charge in [0.2, 0.25) is 0 Å². The first-order valence-electron chi connectivity index (χ1n) is 24.2. The molecule has 6 heteroatoms. The minimum atomic E-state index is -0.830. The third-order valence-electron chi connectivity index (χ3n) is 9.82. The monoisotopic (exact) mass is 833 g/mol. The zero-order valence-corrected chi connectivity index (χ0v) is 38.7. The van der Waals surface area contributed by atoms with Crippen LogP contribution in [0.25, 0.3) is 0 Å². The molecule has 0 saturated heterocycles. The van der Waals surface area contributed by atoms with Gasteiger partial charge in [-0.2, -0.15) is 0 Å². The third-order valence-corrected chi connectivity index (χ3v) is 9.82. The maximum atomic E-state index is 12.7. The SMILES string of the molecule is CC/C=C\C/C=C\C/C=C\C/C=C\C/C=C\CCC(=O)OC(COC(=O)CCCC/C=C\C/C=C\CC)COC(=O)CCCCCCCCC/C=C\CCCCCCCC. The molecule has 1 unspecified atom stereocenters. The fourth-order valence-corrected chi connectivity index (χ4v) is 6.23. The normalized spacial score (nSPS) is 12.9. The van der Waals surface area contributed by atoms with Crippen LogP contribution < -0.4 is 0 Å². The number of hydrogen-bond donors (Lipinski definition) is 0. The molecule has 1 atom stereocenters. The predicted octanol–water partition coefficient (Wildman–Crippen LogP) is 15.8. The van der Waals surface area contributed by atoms with Crippen LogP contribution >= 0.6 is 0 Å². The zero-order chi connectivity index (χ0) is 43.7. The second-order valence-electron chi connectivity index (χ2n) is 15.6. The largest absolute Gasteiger partial charge is 0.462 e. The highest BCUT2D eigenvalue weighted by Crippen LogP contribution is 2.13. The second-order valence-corrected chi connectivity index (χ2v) is 15.6. The molecule has 0 bridgehead atoms. The van der Waals surface area contributed by atoms with Gasteiger partial charge in [0.15, 0.2) is 6.10 Å². The molecule has 6 nitrogen and oxygen atoms in total. The lowest BCUT2D eigenvalue weighted by atomic mass is 10.1. The molecule has 0 spiro atoms. The first-order valence-corrected chi connectivity index (χ1v) is 24.2. The molecule has 0 aliphatic carbocycles. The van der Waals surface area contributed by atoms with Crippen LogP contribution in [0.3, 0.4) is 0 Å². The Labute approximate surface area is 368 Å². The molecule has 0 N–H and O–H groups in total. The molecule has 0 rings (SSSR count). The molecule has 0 fully saturated rings. The van der Waals surface area contributed by atoms with E-state index in [-0.39, 0.29) is 31.6 Å². The van der Waals surface area contributed by atoms with Gasteiger partial charge in [-0.25, -0.2) is 0 Å². The molecule has 0 aromatic heterocycles. The Kier molecular flexibility index (Phi) is 45.1. The van der Waals surface area contributed by atoms with Gasteiger partial charge in [0.25, 0.3) is 0 Å². The molecule has 0 heterocycles. The van der Waals surface area contributed by atoms with Crippen LogP contribution in [-0.2, 0) is 28.6 Å². The van der Waals surface area contributed by atoms with Crippen LogP contribution in [0.5, 0.6) is 0 Å². The predicted molar refractivity (Wildman–Crippen MR) is 256 cm³/mol. The number of rotatable bonds is 42. The highest BCUT2D eigenvalue weighted by molar-refractivity contribution is 5.71. The van der Waals surface area contributed by atoms with E-state index in [9.17, 15) is 14.4 Å². The Hall–Kier alpha value is -3.67. The number of carbonyl (C=O) groups excluding carboxylic acids is 3. The summed E-state index contributed by atoms with van der Waals surface area (Å²) in [6.45, 7) is 6.28. The molecule has 0 aliphatic rings. The summed E-state index contributed by atoms with van der Waals surface area (Å²) in [4.78, 5) is 37.7. The maximum absolute atomic E-state index is 12.7. The summed E-state index contributed by atoms with van der Waals surface area (Å²) >= 11 is 0. The van der Waals surface area contributed by atoms with Crippen molar-refractivity contribution in [2.24, 2.45) is 0 Å². The van der Waals surface area contributed by atoms with Crippen molar-refractivity contribution in [1.82, 2.24) is 0 Å². The van der Waals surface area contributed by atoms with E-state index in [0.717, 1.165) is 83.5 Å². The lowest BCUT2D eigenvalue weighted by molar-refractivity contribution is -0.166. The van der Waals surface area contributed by atoms with Crippen molar-refractivity contribution in [3.8, 4) is 0 Å². The van der Waals surface area contributed by atoms with E-state index in [0.29, 0.717) is 19.3 Å². The smallest absolute Gasteiger partial charge is 0.306 e. The molecule has 340 valence electrons. The van der Waals surface area contributed by atoms with Crippen molar-refractivity contribution in [2.75, 3.05) is 13.2 Å². The van der Waals surface area contributed by atoms with Gasteiger partial charge in [0, 0.05) is 19.3 Å². The van der Waals surface area contributed by atoms with E-state index < -0.39 is 12.1 Å². The summed E-state index contributed by atoms with van der Waals surface area (Å²) in [6, 6.07) is 0. The fraction of sp³-hybridized carbons (Fsp3) is 0.648. The molecular formula is C54H88O6. The van der Waals surface area contributed by atoms with Crippen molar-refractivity contribution in [3.05, 3.63) is 97.2 Å². The molecule has 60 heavy (non-hydrogen) atoms. The maximum Gasteiger partial charge on any atom is 0.306 e. The third kappa shape index (κ3) is 45.4. The first kappa shape index (κ1) is 56.3. The van der Waals surface area contributed by atoms with Gasteiger partial charge in [-0.3, -0.25) is 14.4 Å². The van der Waals surface area contributed by atoms with Crippen molar-refractivity contribution >= 4 is 17.9 Å². The van der Waals surface area contributed by atoms with Crippen molar-refractivity contribution in [1.29, 1.82) is 0 Å². The topological polar surface area (TPSA) is 78.9 Å². The quantitative estimate of drug-likeness (QED) is 0.0264. The Morgan fingerprint density at radius 1 is 0.350 bits per heavy atom.